The first kappa shape index (κ1) is 16.2. The molecule has 0 saturated carbocycles. The van der Waals surface area contributed by atoms with Crippen molar-refractivity contribution in [3.8, 4) is 0 Å². The second-order valence-electron chi connectivity index (χ2n) is 5.33. The van der Waals surface area contributed by atoms with Crippen molar-refractivity contribution in [3.05, 3.63) is 35.9 Å². The van der Waals surface area contributed by atoms with Crippen LogP contribution in [0.2, 0.25) is 0 Å². The third-order valence-corrected chi connectivity index (χ3v) is 3.00. The largest absolute Gasteiger partial charge is 0.351 e. The number of amides is 3. The standard InChI is InChI=1S/C15H23N3O2/c1-10(2)9-13(12-7-5-4-6-8-12)17-11(3)14(19)18-15(16)20/h4-8,10-11,13,17H,9H2,1-3H3,(H3,16,18,19,20)/t11-,13+/m0/s1. The Bertz CT molecular complexity index is 446. The van der Waals surface area contributed by atoms with Crippen LogP contribution >= 0.6 is 0 Å². The van der Waals surface area contributed by atoms with Gasteiger partial charge in [0, 0.05) is 6.04 Å². The number of imide groups is 1. The topological polar surface area (TPSA) is 84.2 Å². The first-order valence-corrected chi connectivity index (χ1v) is 6.81. The monoisotopic (exact) mass is 277 g/mol. The summed E-state index contributed by atoms with van der Waals surface area (Å²) in [6, 6.07) is 8.69. The molecule has 2 atom stereocenters. The summed E-state index contributed by atoms with van der Waals surface area (Å²) in [6.45, 7) is 5.98. The molecule has 110 valence electrons. The highest BCUT2D eigenvalue weighted by Gasteiger charge is 2.20. The lowest BCUT2D eigenvalue weighted by atomic mass is 9.96. The van der Waals surface area contributed by atoms with Gasteiger partial charge >= 0.3 is 6.03 Å². The second kappa shape index (κ2) is 7.65. The van der Waals surface area contributed by atoms with Gasteiger partial charge in [-0.15, -0.1) is 0 Å². The maximum absolute atomic E-state index is 11.7. The Kier molecular flexibility index (Phi) is 6.18. The van der Waals surface area contributed by atoms with Gasteiger partial charge in [0.25, 0.3) is 0 Å². The van der Waals surface area contributed by atoms with Crippen molar-refractivity contribution < 1.29 is 9.59 Å². The van der Waals surface area contributed by atoms with Crippen LogP contribution in [0, 0.1) is 5.92 Å². The molecule has 20 heavy (non-hydrogen) atoms. The number of hydrogen-bond donors (Lipinski definition) is 3. The van der Waals surface area contributed by atoms with E-state index in [0.717, 1.165) is 12.0 Å². The number of nitrogens with one attached hydrogen (secondary N) is 2. The average molecular weight is 277 g/mol. The Balaban J connectivity index is 2.75. The van der Waals surface area contributed by atoms with Crippen molar-refractivity contribution in [2.45, 2.75) is 39.3 Å². The Morgan fingerprint density at radius 2 is 1.75 bits per heavy atom. The zero-order valence-electron chi connectivity index (χ0n) is 12.2. The van der Waals surface area contributed by atoms with Crippen molar-refractivity contribution in [3.63, 3.8) is 0 Å². The van der Waals surface area contributed by atoms with Crippen molar-refractivity contribution in [1.82, 2.24) is 10.6 Å². The molecule has 0 unspecified atom stereocenters. The van der Waals surface area contributed by atoms with E-state index >= 15 is 0 Å². The first-order chi connectivity index (χ1) is 9.40. The summed E-state index contributed by atoms with van der Waals surface area (Å²) in [5.74, 6) is 0.0706. The molecule has 3 amide bonds. The molecule has 0 fully saturated rings. The number of rotatable bonds is 6. The van der Waals surface area contributed by atoms with Crippen LogP contribution in [-0.4, -0.2) is 18.0 Å². The molecule has 1 rings (SSSR count). The highest BCUT2D eigenvalue weighted by Crippen LogP contribution is 2.21. The van der Waals surface area contributed by atoms with Gasteiger partial charge in [-0.25, -0.2) is 4.79 Å². The minimum Gasteiger partial charge on any atom is -0.351 e. The molecule has 1 aromatic carbocycles. The van der Waals surface area contributed by atoms with Crippen LogP contribution in [0.3, 0.4) is 0 Å². The van der Waals surface area contributed by atoms with Gasteiger partial charge in [-0.3, -0.25) is 15.4 Å². The summed E-state index contributed by atoms with van der Waals surface area (Å²) in [7, 11) is 0. The Labute approximate surface area is 119 Å². The summed E-state index contributed by atoms with van der Waals surface area (Å²) >= 11 is 0. The maximum Gasteiger partial charge on any atom is 0.318 e. The number of carbonyl (C=O) groups excluding carboxylic acids is 2. The first-order valence-electron chi connectivity index (χ1n) is 6.81. The number of nitrogens with two attached hydrogens (primary N) is 1. The SMILES string of the molecule is CC(C)C[C@@H](N[C@@H](C)C(=O)NC(N)=O)c1ccccc1. The van der Waals surface area contributed by atoms with Crippen molar-refractivity contribution in [2.75, 3.05) is 0 Å². The molecular formula is C15H23N3O2. The van der Waals surface area contributed by atoms with Crippen LogP contribution in [0.5, 0.6) is 0 Å². The van der Waals surface area contributed by atoms with E-state index in [-0.39, 0.29) is 6.04 Å². The summed E-state index contributed by atoms with van der Waals surface area (Å²) in [5, 5.41) is 5.34. The third-order valence-electron chi connectivity index (χ3n) is 3.00. The number of carbonyl (C=O) groups is 2. The van der Waals surface area contributed by atoms with Gasteiger partial charge in [0.2, 0.25) is 5.91 Å². The molecule has 5 heteroatoms. The van der Waals surface area contributed by atoms with Gasteiger partial charge in [0.05, 0.1) is 6.04 Å². The van der Waals surface area contributed by atoms with Crippen LogP contribution in [0.1, 0.15) is 38.8 Å². The smallest absolute Gasteiger partial charge is 0.318 e. The molecule has 1 aromatic rings. The Morgan fingerprint density at radius 1 is 1.15 bits per heavy atom. The fraction of sp³-hybridized carbons (Fsp3) is 0.467. The molecule has 0 aliphatic heterocycles. The average Bonchev–Trinajstić information content (AvgIpc) is 2.37. The van der Waals surface area contributed by atoms with Gasteiger partial charge in [-0.1, -0.05) is 44.2 Å². The third kappa shape index (κ3) is 5.40. The molecule has 0 radical (unpaired) electrons. The molecule has 5 nitrogen and oxygen atoms in total. The van der Waals surface area contributed by atoms with Gasteiger partial charge < -0.3 is 5.73 Å². The summed E-state index contributed by atoms with van der Waals surface area (Å²) in [5.41, 5.74) is 6.08. The van der Waals surface area contributed by atoms with Crippen LogP contribution < -0.4 is 16.4 Å². The second-order valence-corrected chi connectivity index (χ2v) is 5.33. The molecule has 0 aliphatic carbocycles. The van der Waals surface area contributed by atoms with E-state index in [1.807, 2.05) is 30.3 Å². The van der Waals surface area contributed by atoms with Gasteiger partial charge in [0.1, 0.15) is 0 Å². The van der Waals surface area contributed by atoms with Gasteiger partial charge in [0.15, 0.2) is 0 Å². The zero-order chi connectivity index (χ0) is 15.1. The van der Waals surface area contributed by atoms with Crippen molar-refractivity contribution >= 4 is 11.9 Å². The van der Waals surface area contributed by atoms with E-state index in [2.05, 4.69) is 24.5 Å². The molecular weight excluding hydrogens is 254 g/mol. The van der Waals surface area contributed by atoms with E-state index in [1.165, 1.54) is 0 Å². The summed E-state index contributed by atoms with van der Waals surface area (Å²) < 4.78 is 0. The van der Waals surface area contributed by atoms with Crippen LogP contribution in [0.25, 0.3) is 0 Å². The van der Waals surface area contributed by atoms with Crippen LogP contribution in [0.15, 0.2) is 30.3 Å². The minimum atomic E-state index is -0.830. The van der Waals surface area contributed by atoms with Gasteiger partial charge in [-0.2, -0.15) is 0 Å². The van der Waals surface area contributed by atoms with E-state index < -0.39 is 18.0 Å². The van der Waals surface area contributed by atoms with Crippen LogP contribution in [-0.2, 0) is 4.79 Å². The molecule has 0 spiro atoms. The summed E-state index contributed by atoms with van der Waals surface area (Å²) in [6.07, 6.45) is 0.901. The minimum absolute atomic E-state index is 0.0600. The van der Waals surface area contributed by atoms with Crippen molar-refractivity contribution in [2.24, 2.45) is 11.7 Å². The highest BCUT2D eigenvalue weighted by atomic mass is 16.2. The number of primary amides is 1. The predicted molar refractivity (Wildman–Crippen MR) is 79.0 cm³/mol. The van der Waals surface area contributed by atoms with Crippen molar-refractivity contribution in [1.29, 1.82) is 0 Å². The maximum atomic E-state index is 11.7. The molecule has 4 N–H and O–H groups in total. The fourth-order valence-corrected chi connectivity index (χ4v) is 2.06. The molecule has 0 heterocycles. The lowest BCUT2D eigenvalue weighted by Gasteiger charge is -2.24. The number of hydrogen-bond acceptors (Lipinski definition) is 3. The number of urea groups is 1. The molecule has 0 aromatic heterocycles. The Hall–Kier alpha value is -1.88. The predicted octanol–water partition coefficient (Wildman–Crippen LogP) is 1.95. The van der Waals surface area contributed by atoms with E-state index in [9.17, 15) is 9.59 Å². The fourth-order valence-electron chi connectivity index (χ4n) is 2.06. The lowest BCUT2D eigenvalue weighted by molar-refractivity contribution is -0.121. The van der Waals surface area contributed by atoms with E-state index in [1.54, 1.807) is 6.92 Å². The molecule has 0 bridgehead atoms. The van der Waals surface area contributed by atoms with Crippen LogP contribution in [0.4, 0.5) is 4.79 Å². The van der Waals surface area contributed by atoms with Gasteiger partial charge in [-0.05, 0) is 24.8 Å². The number of benzene rings is 1. The highest BCUT2D eigenvalue weighted by molar-refractivity contribution is 5.96. The Morgan fingerprint density at radius 3 is 2.25 bits per heavy atom. The lowest BCUT2D eigenvalue weighted by Crippen LogP contribution is -2.47. The summed E-state index contributed by atoms with van der Waals surface area (Å²) in [4.78, 5) is 22.4. The normalized spacial score (nSPS) is 13.8. The zero-order valence-corrected chi connectivity index (χ0v) is 12.2. The molecule has 0 saturated heterocycles. The van der Waals surface area contributed by atoms with E-state index in [0.29, 0.717) is 5.92 Å². The molecule has 0 aliphatic rings. The quantitative estimate of drug-likeness (QED) is 0.743. The van der Waals surface area contributed by atoms with E-state index in [4.69, 9.17) is 5.73 Å².